The molecule has 1 rings (SSSR count). The average molecular weight is 113 g/mol. The molecule has 0 fully saturated rings. The standard InChI is InChI=1S/C5H7NS/c1-2-5-6-3-4-7-5/h3-4H,2H2,1H3/q+1. The third-order valence-electron chi connectivity index (χ3n) is 0.786. The molecule has 2 heteroatoms. The van der Waals surface area contributed by atoms with Gasteiger partial charge in [0.1, 0.15) is 0 Å². The van der Waals surface area contributed by atoms with Crippen molar-refractivity contribution in [1.82, 2.24) is 4.99 Å². The minimum atomic E-state index is 1.07. The summed E-state index contributed by atoms with van der Waals surface area (Å²) in [6.07, 6.45) is 2.90. The normalized spacial score (nSPS) is 17.6. The Balaban J connectivity index is 2.45. The quantitative estimate of drug-likeness (QED) is 0.500. The maximum atomic E-state index is 4.05. The molecular weight excluding hydrogens is 106 g/mol. The van der Waals surface area contributed by atoms with E-state index in [0.717, 1.165) is 6.42 Å². The summed E-state index contributed by atoms with van der Waals surface area (Å²) in [5.74, 6) is 0. The van der Waals surface area contributed by atoms with Crippen molar-refractivity contribution >= 4 is 16.8 Å². The summed E-state index contributed by atoms with van der Waals surface area (Å²) in [6.45, 7) is 2.11. The lowest BCUT2D eigenvalue weighted by atomic mass is 10.5. The van der Waals surface area contributed by atoms with Crippen LogP contribution >= 0.6 is 11.8 Å². The molecule has 37 valence electrons. The molecule has 0 saturated carbocycles. The average Bonchev–Trinajstić information content (AvgIpc) is 2.14. The fraction of sp³-hybridized carbons (Fsp3) is 0.400. The van der Waals surface area contributed by atoms with Gasteiger partial charge in [-0.1, -0.05) is 6.92 Å². The highest BCUT2D eigenvalue weighted by molar-refractivity contribution is 8.16. The van der Waals surface area contributed by atoms with E-state index < -0.39 is 0 Å². The molecule has 0 atom stereocenters. The molecule has 1 radical (unpaired) electrons. The molecule has 0 saturated heterocycles. The Bertz CT molecular complexity index is 115. The van der Waals surface area contributed by atoms with Gasteiger partial charge in [0, 0.05) is 6.42 Å². The van der Waals surface area contributed by atoms with Crippen molar-refractivity contribution in [2.75, 3.05) is 0 Å². The van der Waals surface area contributed by atoms with Crippen LogP contribution < -0.4 is 4.99 Å². The summed E-state index contributed by atoms with van der Waals surface area (Å²) in [5.41, 5.74) is 0. The number of aliphatic imine (C=N–C) groups is 1. The van der Waals surface area contributed by atoms with Gasteiger partial charge in [-0.3, -0.25) is 0 Å². The first kappa shape index (κ1) is 4.91. The van der Waals surface area contributed by atoms with Crippen molar-refractivity contribution in [1.29, 1.82) is 0 Å². The van der Waals surface area contributed by atoms with Gasteiger partial charge in [0.15, 0.2) is 0 Å². The highest BCUT2D eigenvalue weighted by Crippen LogP contribution is 2.09. The van der Waals surface area contributed by atoms with Crippen LogP contribution in [0.25, 0.3) is 0 Å². The van der Waals surface area contributed by atoms with E-state index in [2.05, 4.69) is 11.9 Å². The molecule has 0 aromatic heterocycles. The van der Waals surface area contributed by atoms with Crippen molar-refractivity contribution in [3.63, 3.8) is 0 Å². The zero-order valence-electron chi connectivity index (χ0n) is 4.22. The van der Waals surface area contributed by atoms with Gasteiger partial charge >= 0.3 is 0 Å². The third kappa shape index (κ3) is 1.06. The second-order valence-corrected chi connectivity index (χ2v) is 2.26. The number of hydrogen-bond donors (Lipinski definition) is 0. The minimum Gasteiger partial charge on any atom is -0.0546 e. The van der Waals surface area contributed by atoms with E-state index in [0.29, 0.717) is 0 Å². The van der Waals surface area contributed by atoms with E-state index in [1.54, 1.807) is 11.8 Å². The molecule has 0 spiro atoms. The summed E-state index contributed by atoms with van der Waals surface area (Å²) >= 11 is 1.71. The van der Waals surface area contributed by atoms with Crippen LogP contribution in [0.15, 0.2) is 11.6 Å². The Labute approximate surface area is 47.5 Å². The van der Waals surface area contributed by atoms with E-state index in [9.17, 15) is 0 Å². The van der Waals surface area contributed by atoms with Crippen LogP contribution in [-0.4, -0.2) is 5.04 Å². The minimum absolute atomic E-state index is 1.07. The smallest absolute Gasteiger partial charge is 0.0546 e. The summed E-state index contributed by atoms with van der Waals surface area (Å²) in [4.78, 5) is 4.05. The maximum Gasteiger partial charge on any atom is 0.291 e. The molecule has 1 heterocycles. The Morgan fingerprint density at radius 3 is 3.00 bits per heavy atom. The fourth-order valence-corrected chi connectivity index (χ4v) is 0.995. The Morgan fingerprint density at radius 2 is 2.71 bits per heavy atom. The van der Waals surface area contributed by atoms with E-state index in [4.69, 9.17) is 0 Å². The summed E-state index contributed by atoms with van der Waals surface area (Å²) in [7, 11) is 0. The number of rotatable bonds is 1. The van der Waals surface area contributed by atoms with Gasteiger partial charge in [-0.15, -0.1) is 0 Å². The molecule has 0 bridgehead atoms. The molecule has 1 nitrogen and oxygen atoms in total. The lowest BCUT2D eigenvalue weighted by molar-refractivity contribution is 1.27. The predicted octanol–water partition coefficient (Wildman–Crippen LogP) is 1.35. The first-order valence-electron chi connectivity index (χ1n) is 2.32. The van der Waals surface area contributed by atoms with Crippen LogP contribution in [0, 0.1) is 0 Å². The molecule has 1 aliphatic rings. The van der Waals surface area contributed by atoms with Gasteiger partial charge in [-0.2, -0.15) is 0 Å². The fourth-order valence-electron chi connectivity index (χ4n) is 0.428. The molecule has 0 unspecified atom stereocenters. The van der Waals surface area contributed by atoms with Crippen molar-refractivity contribution in [2.24, 2.45) is 0 Å². The molecule has 0 aromatic rings. The molecule has 1 aliphatic heterocycles. The van der Waals surface area contributed by atoms with E-state index >= 15 is 0 Å². The highest BCUT2D eigenvalue weighted by atomic mass is 32.2. The molecule has 0 aliphatic carbocycles. The van der Waals surface area contributed by atoms with E-state index in [1.165, 1.54) is 5.04 Å². The topological polar surface area (TPSA) is 14.1 Å². The van der Waals surface area contributed by atoms with E-state index in [-0.39, 0.29) is 0 Å². The van der Waals surface area contributed by atoms with Crippen LogP contribution in [0.5, 0.6) is 0 Å². The SMILES string of the molecule is CCC1=[N+]C=CS1. The Kier molecular flexibility index (Phi) is 1.52. The molecule has 0 N–H and O–H groups in total. The van der Waals surface area contributed by atoms with Gasteiger partial charge in [0.05, 0.1) is 10.4 Å². The van der Waals surface area contributed by atoms with Gasteiger partial charge in [-0.05, 0) is 11.8 Å². The predicted molar refractivity (Wildman–Crippen MR) is 34.2 cm³/mol. The van der Waals surface area contributed by atoms with Gasteiger partial charge in [-0.25, -0.2) is 0 Å². The number of thioether (sulfide) groups is 1. The monoisotopic (exact) mass is 113 g/mol. The molecular formula is C5H7NS+. The van der Waals surface area contributed by atoms with Crippen molar-refractivity contribution < 1.29 is 0 Å². The first-order chi connectivity index (χ1) is 3.43. The van der Waals surface area contributed by atoms with Gasteiger partial charge in [0.25, 0.3) is 5.04 Å². The van der Waals surface area contributed by atoms with Gasteiger partial charge < -0.3 is 0 Å². The Morgan fingerprint density at radius 1 is 1.86 bits per heavy atom. The Hall–Kier alpha value is -0.240. The van der Waals surface area contributed by atoms with Crippen LogP contribution in [-0.2, 0) is 0 Å². The van der Waals surface area contributed by atoms with Gasteiger partial charge in [0.2, 0.25) is 6.20 Å². The van der Waals surface area contributed by atoms with E-state index in [1.807, 2.05) is 11.6 Å². The van der Waals surface area contributed by atoms with Crippen LogP contribution in [0.2, 0.25) is 0 Å². The summed E-state index contributed by atoms with van der Waals surface area (Å²) in [5, 5.41) is 3.22. The molecule has 0 aromatic carbocycles. The zero-order chi connectivity index (χ0) is 5.11. The number of hydrogen-bond acceptors (Lipinski definition) is 2. The summed E-state index contributed by atoms with van der Waals surface area (Å²) in [6, 6.07) is 0. The lowest BCUT2D eigenvalue weighted by Crippen LogP contribution is -1.88. The van der Waals surface area contributed by atoms with Crippen molar-refractivity contribution in [3.8, 4) is 0 Å². The molecule has 7 heavy (non-hydrogen) atoms. The maximum absolute atomic E-state index is 4.05. The second-order valence-electron chi connectivity index (χ2n) is 1.28. The zero-order valence-corrected chi connectivity index (χ0v) is 5.03. The van der Waals surface area contributed by atoms with Crippen LogP contribution in [0.3, 0.4) is 0 Å². The second kappa shape index (κ2) is 2.17. The number of nitrogens with zero attached hydrogens (tertiary/aromatic N) is 1. The lowest BCUT2D eigenvalue weighted by Gasteiger charge is -1.72. The largest absolute Gasteiger partial charge is 0.291 e. The highest BCUT2D eigenvalue weighted by Gasteiger charge is 2.10. The van der Waals surface area contributed by atoms with Crippen molar-refractivity contribution in [3.05, 3.63) is 11.6 Å². The summed E-state index contributed by atoms with van der Waals surface area (Å²) < 4.78 is 0. The van der Waals surface area contributed by atoms with Crippen LogP contribution in [0.1, 0.15) is 13.3 Å². The van der Waals surface area contributed by atoms with Crippen LogP contribution in [0.4, 0.5) is 0 Å². The first-order valence-corrected chi connectivity index (χ1v) is 3.20. The molecule has 0 amide bonds. The third-order valence-corrected chi connectivity index (χ3v) is 1.71. The van der Waals surface area contributed by atoms with Crippen molar-refractivity contribution in [2.45, 2.75) is 13.3 Å².